The van der Waals surface area contributed by atoms with Crippen molar-refractivity contribution in [1.29, 1.82) is 0 Å². The number of hydrogen-bond donors (Lipinski definition) is 2. The topological polar surface area (TPSA) is 41.1 Å². The number of benzene rings is 1. The first kappa shape index (κ1) is 9.77. The highest BCUT2D eigenvalue weighted by molar-refractivity contribution is 5.95. The highest BCUT2D eigenvalue weighted by atomic mass is 16.1. The molecule has 0 saturated heterocycles. The van der Waals surface area contributed by atoms with Gasteiger partial charge in [0.15, 0.2) is 0 Å². The van der Waals surface area contributed by atoms with Gasteiger partial charge in [-0.3, -0.25) is 4.79 Å². The lowest BCUT2D eigenvalue weighted by Crippen LogP contribution is -2.23. The van der Waals surface area contributed by atoms with Gasteiger partial charge in [-0.2, -0.15) is 0 Å². The molecule has 0 bridgehead atoms. The average Bonchev–Trinajstić information content (AvgIpc) is 2.72. The first-order valence-corrected chi connectivity index (χ1v) is 5.07. The quantitative estimate of drug-likeness (QED) is 0.730. The van der Waals surface area contributed by atoms with Gasteiger partial charge in [0.25, 0.3) is 5.91 Å². The average molecular weight is 202 g/mol. The molecule has 0 radical (unpaired) electrons. The first-order valence-electron chi connectivity index (χ1n) is 5.07. The summed E-state index contributed by atoms with van der Waals surface area (Å²) in [4.78, 5) is 11.6. The van der Waals surface area contributed by atoms with E-state index in [1.165, 1.54) is 5.56 Å². The van der Waals surface area contributed by atoms with Crippen LogP contribution in [0.5, 0.6) is 0 Å². The van der Waals surface area contributed by atoms with Crippen molar-refractivity contribution in [2.45, 2.75) is 6.42 Å². The molecule has 1 aliphatic heterocycles. The zero-order valence-electron chi connectivity index (χ0n) is 8.55. The summed E-state index contributed by atoms with van der Waals surface area (Å²) in [5, 5.41) is 6.01. The number of rotatable bonds is 3. The van der Waals surface area contributed by atoms with Crippen LogP contribution in [-0.4, -0.2) is 19.0 Å². The third-order valence-electron chi connectivity index (χ3n) is 2.49. The van der Waals surface area contributed by atoms with Crippen molar-refractivity contribution in [3.05, 3.63) is 42.0 Å². The molecule has 2 rings (SSSR count). The van der Waals surface area contributed by atoms with Crippen molar-refractivity contribution in [3.63, 3.8) is 0 Å². The van der Waals surface area contributed by atoms with Crippen molar-refractivity contribution in [2.24, 2.45) is 0 Å². The lowest BCUT2D eigenvalue weighted by molar-refractivity contribution is 0.0958. The summed E-state index contributed by atoms with van der Waals surface area (Å²) in [5.74, 6) is -0.0496. The van der Waals surface area contributed by atoms with Gasteiger partial charge >= 0.3 is 0 Å². The summed E-state index contributed by atoms with van der Waals surface area (Å²) < 4.78 is 0. The monoisotopic (exact) mass is 202 g/mol. The van der Waals surface area contributed by atoms with Crippen molar-refractivity contribution < 1.29 is 4.79 Å². The maximum atomic E-state index is 11.6. The van der Waals surface area contributed by atoms with Crippen molar-refractivity contribution in [1.82, 2.24) is 5.32 Å². The molecular weight excluding hydrogens is 188 g/mol. The summed E-state index contributed by atoms with van der Waals surface area (Å²) in [6.45, 7) is 5.03. The second kappa shape index (κ2) is 4.17. The maximum absolute atomic E-state index is 11.6. The predicted molar refractivity (Wildman–Crippen MR) is 61.2 cm³/mol. The molecule has 3 heteroatoms. The highest BCUT2D eigenvalue weighted by Gasteiger charge is 2.12. The van der Waals surface area contributed by atoms with Crippen LogP contribution >= 0.6 is 0 Å². The summed E-state index contributed by atoms with van der Waals surface area (Å²) in [5.41, 5.74) is 3.07. The van der Waals surface area contributed by atoms with Gasteiger partial charge in [0, 0.05) is 24.3 Å². The smallest absolute Gasteiger partial charge is 0.251 e. The molecule has 0 unspecified atom stereocenters. The summed E-state index contributed by atoms with van der Waals surface area (Å²) in [7, 11) is 0. The van der Waals surface area contributed by atoms with E-state index in [0.29, 0.717) is 12.1 Å². The number of carbonyl (C=O) groups excluding carboxylic acids is 1. The van der Waals surface area contributed by atoms with Crippen LogP contribution in [0.15, 0.2) is 30.9 Å². The molecule has 3 nitrogen and oxygen atoms in total. The Balaban J connectivity index is 2.15. The SMILES string of the molecule is C=CCNC(=O)c1ccc2c(c1)NCC2. The van der Waals surface area contributed by atoms with E-state index >= 15 is 0 Å². The maximum Gasteiger partial charge on any atom is 0.251 e. The van der Waals surface area contributed by atoms with Gasteiger partial charge in [-0.15, -0.1) is 6.58 Å². The highest BCUT2D eigenvalue weighted by Crippen LogP contribution is 2.22. The largest absolute Gasteiger partial charge is 0.384 e. The van der Waals surface area contributed by atoms with E-state index in [9.17, 15) is 4.79 Å². The first-order chi connectivity index (χ1) is 7.31. The van der Waals surface area contributed by atoms with Gasteiger partial charge in [0.1, 0.15) is 0 Å². The molecule has 1 aromatic carbocycles. The second-order valence-corrected chi connectivity index (χ2v) is 3.55. The van der Waals surface area contributed by atoms with Gasteiger partial charge in [0.2, 0.25) is 0 Å². The molecule has 0 saturated carbocycles. The molecule has 0 fully saturated rings. The number of hydrogen-bond acceptors (Lipinski definition) is 2. The van der Waals surface area contributed by atoms with Gasteiger partial charge in [0.05, 0.1) is 0 Å². The molecule has 1 heterocycles. The Morgan fingerprint density at radius 1 is 1.60 bits per heavy atom. The molecule has 0 aliphatic carbocycles. The molecular formula is C12H14N2O. The molecule has 0 atom stereocenters. The predicted octanol–water partition coefficient (Wildman–Crippen LogP) is 1.57. The number of carbonyl (C=O) groups is 1. The van der Waals surface area contributed by atoms with Crippen LogP contribution in [0.25, 0.3) is 0 Å². The molecule has 1 aliphatic rings. The third-order valence-corrected chi connectivity index (χ3v) is 2.49. The zero-order valence-corrected chi connectivity index (χ0v) is 8.55. The Morgan fingerprint density at radius 2 is 2.47 bits per heavy atom. The fourth-order valence-corrected chi connectivity index (χ4v) is 1.70. The third kappa shape index (κ3) is 2.01. The molecule has 1 amide bonds. The fourth-order valence-electron chi connectivity index (χ4n) is 1.70. The molecule has 1 aromatic rings. The molecule has 15 heavy (non-hydrogen) atoms. The number of anilines is 1. The van der Waals surface area contributed by atoms with Gasteiger partial charge in [-0.1, -0.05) is 12.1 Å². The van der Waals surface area contributed by atoms with Crippen molar-refractivity contribution >= 4 is 11.6 Å². The van der Waals surface area contributed by atoms with Crippen LogP contribution < -0.4 is 10.6 Å². The minimum absolute atomic E-state index is 0.0496. The Bertz CT molecular complexity index is 399. The van der Waals surface area contributed by atoms with E-state index in [-0.39, 0.29) is 5.91 Å². The Labute approximate surface area is 89.2 Å². The zero-order chi connectivity index (χ0) is 10.7. The number of fused-ring (bicyclic) bond motifs is 1. The Morgan fingerprint density at radius 3 is 3.27 bits per heavy atom. The fraction of sp³-hybridized carbons (Fsp3) is 0.250. The Hall–Kier alpha value is -1.77. The molecule has 78 valence electrons. The van der Waals surface area contributed by atoms with E-state index in [4.69, 9.17) is 0 Å². The van der Waals surface area contributed by atoms with Crippen LogP contribution in [0.1, 0.15) is 15.9 Å². The van der Waals surface area contributed by atoms with Crippen molar-refractivity contribution in [3.8, 4) is 0 Å². The van der Waals surface area contributed by atoms with Gasteiger partial charge < -0.3 is 10.6 Å². The number of nitrogens with one attached hydrogen (secondary N) is 2. The number of amides is 1. The van der Waals surface area contributed by atoms with E-state index in [1.807, 2.05) is 18.2 Å². The van der Waals surface area contributed by atoms with Crippen LogP contribution in [0.3, 0.4) is 0 Å². The van der Waals surface area contributed by atoms with Crippen LogP contribution in [0, 0.1) is 0 Å². The minimum Gasteiger partial charge on any atom is -0.384 e. The standard InChI is InChI=1S/C12H14N2O/c1-2-6-14-12(15)10-4-3-9-5-7-13-11(9)8-10/h2-4,8,13H,1,5-7H2,(H,14,15). The van der Waals surface area contributed by atoms with Crippen LogP contribution in [-0.2, 0) is 6.42 Å². The molecule has 2 N–H and O–H groups in total. The van der Waals surface area contributed by atoms with Crippen molar-refractivity contribution in [2.75, 3.05) is 18.4 Å². The van der Waals surface area contributed by atoms with Crippen LogP contribution in [0.2, 0.25) is 0 Å². The molecule has 0 spiro atoms. The minimum atomic E-state index is -0.0496. The van der Waals surface area contributed by atoms with E-state index in [0.717, 1.165) is 18.7 Å². The molecule has 0 aromatic heterocycles. The Kier molecular flexibility index (Phi) is 2.72. The van der Waals surface area contributed by atoms with Gasteiger partial charge in [-0.25, -0.2) is 0 Å². The van der Waals surface area contributed by atoms with E-state index in [1.54, 1.807) is 6.08 Å². The summed E-state index contributed by atoms with van der Waals surface area (Å²) in [6.07, 6.45) is 2.72. The normalized spacial score (nSPS) is 12.8. The summed E-state index contributed by atoms with van der Waals surface area (Å²) >= 11 is 0. The second-order valence-electron chi connectivity index (χ2n) is 3.55. The lowest BCUT2D eigenvalue weighted by Gasteiger charge is -2.05. The van der Waals surface area contributed by atoms with Gasteiger partial charge in [-0.05, 0) is 24.1 Å². The lowest BCUT2D eigenvalue weighted by atomic mass is 10.1. The van der Waals surface area contributed by atoms with E-state index in [2.05, 4.69) is 17.2 Å². The van der Waals surface area contributed by atoms with E-state index < -0.39 is 0 Å². The summed E-state index contributed by atoms with van der Waals surface area (Å²) in [6, 6.07) is 5.78. The van der Waals surface area contributed by atoms with Crippen LogP contribution in [0.4, 0.5) is 5.69 Å².